The van der Waals surface area contributed by atoms with Crippen LogP contribution in [0.25, 0.3) is 0 Å². The Morgan fingerprint density at radius 2 is 1.90 bits per heavy atom. The highest BCUT2D eigenvalue weighted by atomic mass is 32.2. The molecule has 1 aliphatic rings. The maximum Gasteiger partial charge on any atom is 0.304 e. The molecular weight excluding hydrogens is 421 g/mol. The number of halogens is 1. The van der Waals surface area contributed by atoms with Crippen LogP contribution in [0.5, 0.6) is 5.75 Å². The van der Waals surface area contributed by atoms with Crippen LogP contribution < -0.4 is 14.4 Å². The fraction of sp³-hybridized carbons (Fsp3) is 0.409. The van der Waals surface area contributed by atoms with E-state index in [4.69, 9.17) is 4.74 Å². The van der Waals surface area contributed by atoms with Crippen LogP contribution in [-0.2, 0) is 15.0 Å². The standard InChI is InChI=1S/C22H28FN3O4S/c1-3-26(18-11-13-19(14-12-18)30-4-2)31(28,29)25-15-7-8-17(16-25)22(27)24-21-10-6-5-9-20(21)23/h5-6,9-14,17H,3-4,7-8,15-16H2,1-2H3,(H,24,27)/t17-/m0/s1. The lowest BCUT2D eigenvalue weighted by Crippen LogP contribution is -2.50. The van der Waals surface area contributed by atoms with E-state index in [-0.39, 0.29) is 24.7 Å². The van der Waals surface area contributed by atoms with Crippen molar-refractivity contribution in [3.63, 3.8) is 0 Å². The highest BCUT2D eigenvalue weighted by Crippen LogP contribution is 2.27. The van der Waals surface area contributed by atoms with Gasteiger partial charge in [0.2, 0.25) is 5.91 Å². The highest BCUT2D eigenvalue weighted by Gasteiger charge is 2.35. The average Bonchev–Trinajstić information content (AvgIpc) is 2.77. The molecule has 1 N–H and O–H groups in total. The molecule has 0 saturated carbocycles. The van der Waals surface area contributed by atoms with Gasteiger partial charge in [-0.3, -0.25) is 9.10 Å². The summed E-state index contributed by atoms with van der Waals surface area (Å²) in [5.74, 6) is -0.789. The van der Waals surface area contributed by atoms with E-state index in [2.05, 4.69) is 5.32 Å². The van der Waals surface area contributed by atoms with Gasteiger partial charge < -0.3 is 10.1 Å². The van der Waals surface area contributed by atoms with Crippen LogP contribution in [0.2, 0.25) is 0 Å². The van der Waals surface area contributed by atoms with E-state index in [0.29, 0.717) is 37.4 Å². The summed E-state index contributed by atoms with van der Waals surface area (Å²) in [5, 5.41) is 2.58. The molecule has 1 aliphatic heterocycles. The zero-order valence-corrected chi connectivity index (χ0v) is 18.6. The minimum absolute atomic E-state index is 0.0517. The molecule has 168 valence electrons. The Morgan fingerprint density at radius 3 is 2.55 bits per heavy atom. The van der Waals surface area contributed by atoms with Crippen molar-refractivity contribution in [3.8, 4) is 5.75 Å². The van der Waals surface area contributed by atoms with Gasteiger partial charge in [-0.2, -0.15) is 12.7 Å². The molecule has 0 spiro atoms. The van der Waals surface area contributed by atoms with E-state index in [1.165, 1.54) is 20.7 Å². The van der Waals surface area contributed by atoms with Crippen molar-refractivity contribution in [1.82, 2.24) is 4.31 Å². The third kappa shape index (κ3) is 5.34. The molecule has 2 aromatic carbocycles. The molecule has 1 atom stereocenters. The Morgan fingerprint density at radius 1 is 1.19 bits per heavy atom. The number of piperidine rings is 1. The van der Waals surface area contributed by atoms with Crippen LogP contribution in [0.3, 0.4) is 0 Å². The molecule has 31 heavy (non-hydrogen) atoms. The largest absolute Gasteiger partial charge is 0.494 e. The van der Waals surface area contributed by atoms with Crippen LogP contribution in [-0.4, -0.2) is 44.9 Å². The molecular formula is C22H28FN3O4S. The Bertz CT molecular complexity index is 998. The molecule has 0 radical (unpaired) electrons. The predicted octanol–water partition coefficient (Wildman–Crippen LogP) is 3.65. The summed E-state index contributed by atoms with van der Waals surface area (Å²) in [6.45, 7) is 4.81. The first kappa shape index (κ1) is 23.0. The molecule has 1 saturated heterocycles. The summed E-state index contributed by atoms with van der Waals surface area (Å²) in [7, 11) is -3.83. The normalized spacial score (nSPS) is 17.2. The van der Waals surface area contributed by atoms with Gasteiger partial charge in [0.1, 0.15) is 11.6 Å². The number of carbonyl (C=O) groups is 1. The van der Waals surface area contributed by atoms with E-state index in [1.54, 1.807) is 43.3 Å². The van der Waals surface area contributed by atoms with Crippen LogP contribution in [0.15, 0.2) is 48.5 Å². The van der Waals surface area contributed by atoms with Gasteiger partial charge in [-0.1, -0.05) is 12.1 Å². The van der Waals surface area contributed by atoms with Crippen LogP contribution in [0.4, 0.5) is 15.8 Å². The smallest absolute Gasteiger partial charge is 0.304 e. The molecule has 7 nitrogen and oxygen atoms in total. The van der Waals surface area contributed by atoms with E-state index < -0.39 is 21.9 Å². The lowest BCUT2D eigenvalue weighted by Gasteiger charge is -2.35. The Hall–Kier alpha value is -2.65. The molecule has 1 fully saturated rings. The summed E-state index contributed by atoms with van der Waals surface area (Å²) in [5.41, 5.74) is 0.626. The van der Waals surface area contributed by atoms with E-state index in [0.717, 1.165) is 0 Å². The third-order valence-corrected chi connectivity index (χ3v) is 7.22. The second-order valence-electron chi connectivity index (χ2n) is 7.27. The second-order valence-corrected chi connectivity index (χ2v) is 9.12. The molecule has 9 heteroatoms. The van der Waals surface area contributed by atoms with Gasteiger partial charge in [0, 0.05) is 19.6 Å². The highest BCUT2D eigenvalue weighted by molar-refractivity contribution is 7.90. The Labute approximate surface area is 183 Å². The summed E-state index contributed by atoms with van der Waals surface area (Å²) >= 11 is 0. The zero-order chi connectivity index (χ0) is 22.4. The lowest BCUT2D eigenvalue weighted by atomic mass is 9.98. The minimum Gasteiger partial charge on any atom is -0.494 e. The molecule has 0 bridgehead atoms. The van der Waals surface area contributed by atoms with Gasteiger partial charge in [-0.15, -0.1) is 0 Å². The van der Waals surface area contributed by atoms with Crippen molar-refractivity contribution in [1.29, 1.82) is 0 Å². The van der Waals surface area contributed by atoms with E-state index in [9.17, 15) is 17.6 Å². The molecule has 2 aromatic rings. The lowest BCUT2D eigenvalue weighted by molar-refractivity contribution is -0.120. The maximum absolute atomic E-state index is 13.9. The quantitative estimate of drug-likeness (QED) is 0.667. The topological polar surface area (TPSA) is 79.0 Å². The SMILES string of the molecule is CCOc1ccc(N(CC)S(=O)(=O)N2CCC[C@H](C(=O)Nc3ccccc3F)C2)cc1. The van der Waals surface area contributed by atoms with Crippen molar-refractivity contribution in [2.24, 2.45) is 5.92 Å². The Balaban J connectivity index is 1.73. The summed E-state index contributed by atoms with van der Waals surface area (Å²) in [6.07, 6.45) is 1.09. The number of amides is 1. The van der Waals surface area contributed by atoms with Gasteiger partial charge in [-0.25, -0.2) is 4.39 Å². The van der Waals surface area contributed by atoms with Gasteiger partial charge in [-0.05, 0) is 63.1 Å². The van der Waals surface area contributed by atoms with Gasteiger partial charge in [0.05, 0.1) is 23.9 Å². The number of anilines is 2. The number of carbonyl (C=O) groups excluding carboxylic acids is 1. The van der Waals surface area contributed by atoms with Crippen LogP contribution in [0, 0.1) is 11.7 Å². The van der Waals surface area contributed by atoms with Crippen molar-refractivity contribution in [3.05, 3.63) is 54.3 Å². The molecule has 0 aliphatic carbocycles. The summed E-state index contributed by atoms with van der Waals surface area (Å²) < 4.78 is 48.6. The number of rotatable bonds is 8. The fourth-order valence-corrected chi connectivity index (χ4v) is 5.38. The number of benzene rings is 2. The Kier molecular flexibility index (Phi) is 7.50. The zero-order valence-electron chi connectivity index (χ0n) is 17.8. The number of nitrogens with zero attached hydrogens (tertiary/aromatic N) is 2. The number of hydrogen-bond acceptors (Lipinski definition) is 4. The second kappa shape index (κ2) is 10.1. The van der Waals surface area contributed by atoms with E-state index >= 15 is 0 Å². The first-order chi connectivity index (χ1) is 14.9. The van der Waals surface area contributed by atoms with Crippen molar-refractivity contribution < 1.29 is 22.3 Å². The first-order valence-corrected chi connectivity index (χ1v) is 11.8. The molecule has 0 aromatic heterocycles. The maximum atomic E-state index is 13.9. The fourth-order valence-electron chi connectivity index (χ4n) is 3.66. The molecule has 0 unspecified atom stereocenters. The number of para-hydroxylation sites is 1. The monoisotopic (exact) mass is 449 g/mol. The number of nitrogens with one attached hydrogen (secondary N) is 1. The van der Waals surface area contributed by atoms with Crippen molar-refractivity contribution in [2.45, 2.75) is 26.7 Å². The van der Waals surface area contributed by atoms with Gasteiger partial charge in [0.15, 0.2) is 0 Å². The summed E-state index contributed by atoms with van der Waals surface area (Å²) in [4.78, 5) is 12.7. The van der Waals surface area contributed by atoms with Crippen LogP contribution >= 0.6 is 0 Å². The van der Waals surface area contributed by atoms with Crippen molar-refractivity contribution in [2.75, 3.05) is 35.9 Å². The minimum atomic E-state index is -3.83. The van der Waals surface area contributed by atoms with E-state index in [1.807, 2.05) is 6.92 Å². The van der Waals surface area contributed by atoms with Gasteiger partial charge in [0.25, 0.3) is 0 Å². The first-order valence-electron chi connectivity index (χ1n) is 10.4. The molecule has 1 heterocycles. The third-order valence-electron chi connectivity index (χ3n) is 5.21. The van der Waals surface area contributed by atoms with Crippen LogP contribution in [0.1, 0.15) is 26.7 Å². The number of ether oxygens (including phenoxy) is 1. The predicted molar refractivity (Wildman–Crippen MR) is 119 cm³/mol. The summed E-state index contributed by atoms with van der Waals surface area (Å²) in [6, 6.07) is 12.8. The molecule has 3 rings (SSSR count). The molecule has 1 amide bonds. The number of hydrogen-bond donors (Lipinski definition) is 1. The van der Waals surface area contributed by atoms with Gasteiger partial charge >= 0.3 is 10.2 Å². The van der Waals surface area contributed by atoms with Crippen molar-refractivity contribution >= 4 is 27.5 Å². The average molecular weight is 450 g/mol.